The molecule has 0 aliphatic rings. The van der Waals surface area contributed by atoms with Crippen molar-refractivity contribution in [2.75, 3.05) is 6.61 Å². The van der Waals surface area contributed by atoms with E-state index in [9.17, 15) is 9.59 Å². The Hall–Kier alpha value is -2.83. The normalized spacial score (nSPS) is 12.1. The van der Waals surface area contributed by atoms with Crippen LogP contribution in [0.4, 0.5) is 0 Å². The van der Waals surface area contributed by atoms with Crippen LogP contribution in [0.1, 0.15) is 44.4 Å². The smallest absolute Gasteiger partial charge is 0.261 e. The summed E-state index contributed by atoms with van der Waals surface area (Å²) in [5, 5.41) is 3.59. The molecule has 0 bridgehead atoms. The Balaban J connectivity index is 1.94. The van der Waals surface area contributed by atoms with Crippen molar-refractivity contribution in [1.82, 2.24) is 10.2 Å². The predicted molar refractivity (Wildman–Crippen MR) is 153 cm³/mol. The summed E-state index contributed by atoms with van der Waals surface area (Å²) >= 11 is 10.0. The Morgan fingerprint density at radius 2 is 1.68 bits per heavy atom. The van der Waals surface area contributed by atoms with E-state index in [2.05, 4.69) is 28.2 Å². The zero-order chi connectivity index (χ0) is 27.0. The van der Waals surface area contributed by atoms with Gasteiger partial charge in [0.1, 0.15) is 11.8 Å². The summed E-state index contributed by atoms with van der Waals surface area (Å²) in [5.41, 5.74) is 2.40. The number of ether oxygens (including phenoxy) is 1. The predicted octanol–water partition coefficient (Wildman–Crippen LogP) is 6.60. The third-order valence-electron chi connectivity index (χ3n) is 5.82. The molecule has 0 saturated heterocycles. The van der Waals surface area contributed by atoms with E-state index in [1.54, 1.807) is 11.0 Å². The van der Waals surface area contributed by atoms with Crippen molar-refractivity contribution in [2.24, 2.45) is 0 Å². The number of halogens is 2. The lowest BCUT2D eigenvalue weighted by atomic mass is 10.0. The number of nitrogens with one attached hydrogen (secondary N) is 1. The van der Waals surface area contributed by atoms with Crippen molar-refractivity contribution in [3.8, 4) is 5.75 Å². The number of hydrogen-bond acceptors (Lipinski definition) is 3. The molecule has 0 aliphatic carbocycles. The molecule has 5 nitrogen and oxygen atoms in total. The van der Waals surface area contributed by atoms with Gasteiger partial charge in [0.05, 0.1) is 4.47 Å². The molecule has 3 aromatic carbocycles. The maximum Gasteiger partial charge on any atom is 0.261 e. The van der Waals surface area contributed by atoms with E-state index >= 15 is 0 Å². The van der Waals surface area contributed by atoms with E-state index in [-0.39, 0.29) is 25.0 Å². The molecule has 196 valence electrons. The Kier molecular flexibility index (Phi) is 10.2. The number of benzene rings is 3. The van der Waals surface area contributed by atoms with Crippen molar-refractivity contribution >= 4 is 39.3 Å². The van der Waals surface area contributed by atoms with Crippen LogP contribution in [0.25, 0.3) is 0 Å². The summed E-state index contributed by atoms with van der Waals surface area (Å²) in [5.74, 6) is 0.0311. The summed E-state index contributed by atoms with van der Waals surface area (Å²) in [6, 6.07) is 22.1. The van der Waals surface area contributed by atoms with Crippen molar-refractivity contribution < 1.29 is 14.3 Å². The molecule has 1 N–H and O–H groups in total. The molecule has 1 atom stereocenters. The average Bonchev–Trinajstić information content (AvgIpc) is 2.85. The minimum atomic E-state index is -0.764. The minimum absolute atomic E-state index is 0.173. The molecule has 37 heavy (non-hydrogen) atoms. The van der Waals surface area contributed by atoms with Crippen LogP contribution in [0.2, 0.25) is 5.02 Å². The fourth-order valence-electron chi connectivity index (χ4n) is 3.92. The van der Waals surface area contributed by atoms with E-state index in [1.807, 2.05) is 87.5 Å². The molecule has 2 amide bonds. The summed E-state index contributed by atoms with van der Waals surface area (Å²) < 4.78 is 6.71. The fourth-order valence-corrected chi connectivity index (χ4v) is 4.66. The highest BCUT2D eigenvalue weighted by molar-refractivity contribution is 9.10. The van der Waals surface area contributed by atoms with Gasteiger partial charge in [-0.1, -0.05) is 73.1 Å². The maximum atomic E-state index is 13.7. The molecule has 0 aliphatic heterocycles. The van der Waals surface area contributed by atoms with E-state index in [4.69, 9.17) is 16.3 Å². The quantitative estimate of drug-likeness (QED) is 0.292. The van der Waals surface area contributed by atoms with Gasteiger partial charge in [-0.25, -0.2) is 0 Å². The zero-order valence-corrected chi connectivity index (χ0v) is 24.1. The summed E-state index contributed by atoms with van der Waals surface area (Å²) in [7, 11) is 0. The standard InChI is InChI=1S/C30H34BrClN2O3/c1-5-21-15-16-27(24(31)17-21)37-20-28(35)34(19-23-13-9-10-14-25(23)32)26(29(36)33-30(2,3)4)18-22-11-7-6-8-12-22/h6-17,26H,5,18-20H2,1-4H3,(H,33,36). The fraction of sp³-hybridized carbons (Fsp3) is 0.333. The number of carbonyl (C=O) groups is 2. The average molecular weight is 586 g/mol. The maximum absolute atomic E-state index is 13.7. The van der Waals surface area contributed by atoms with Crippen LogP contribution in [0.15, 0.2) is 77.3 Å². The van der Waals surface area contributed by atoms with Gasteiger partial charge in [-0.2, -0.15) is 0 Å². The first-order chi connectivity index (χ1) is 17.6. The molecule has 0 aromatic heterocycles. The van der Waals surface area contributed by atoms with Crippen LogP contribution in [-0.4, -0.2) is 34.9 Å². The second-order valence-electron chi connectivity index (χ2n) is 9.96. The summed E-state index contributed by atoms with van der Waals surface area (Å²) in [4.78, 5) is 28.9. The summed E-state index contributed by atoms with van der Waals surface area (Å²) in [6.45, 7) is 7.80. The second kappa shape index (κ2) is 13.1. The first-order valence-electron chi connectivity index (χ1n) is 12.4. The highest BCUT2D eigenvalue weighted by Crippen LogP contribution is 2.27. The molecule has 3 rings (SSSR count). The first kappa shape index (κ1) is 28.7. The molecule has 0 saturated carbocycles. The first-order valence-corrected chi connectivity index (χ1v) is 13.5. The number of nitrogens with zero attached hydrogens (tertiary/aromatic N) is 1. The SMILES string of the molecule is CCc1ccc(OCC(=O)N(Cc2ccccc2Cl)C(Cc2ccccc2)C(=O)NC(C)(C)C)c(Br)c1. The highest BCUT2D eigenvalue weighted by Gasteiger charge is 2.32. The molecule has 0 fully saturated rings. The monoisotopic (exact) mass is 584 g/mol. The Bertz CT molecular complexity index is 1210. The van der Waals surface area contributed by atoms with E-state index < -0.39 is 11.6 Å². The van der Waals surface area contributed by atoms with Crippen LogP contribution in [0.3, 0.4) is 0 Å². The van der Waals surface area contributed by atoms with Crippen LogP contribution in [0, 0.1) is 0 Å². The Labute approximate surface area is 233 Å². The lowest BCUT2D eigenvalue weighted by Gasteiger charge is -2.34. The van der Waals surface area contributed by atoms with E-state index in [0.717, 1.165) is 27.6 Å². The molecule has 0 spiro atoms. The number of hydrogen-bond donors (Lipinski definition) is 1. The third-order valence-corrected chi connectivity index (χ3v) is 6.81. The van der Waals surface area contributed by atoms with E-state index in [0.29, 0.717) is 17.2 Å². The minimum Gasteiger partial charge on any atom is -0.483 e. The van der Waals surface area contributed by atoms with Crippen LogP contribution in [-0.2, 0) is 29.0 Å². The van der Waals surface area contributed by atoms with Gasteiger partial charge in [0.15, 0.2) is 6.61 Å². The van der Waals surface area contributed by atoms with Crippen LogP contribution in [0.5, 0.6) is 5.75 Å². The number of amides is 2. The molecule has 0 heterocycles. The van der Waals surface area contributed by atoms with Gasteiger partial charge in [0.2, 0.25) is 5.91 Å². The Morgan fingerprint density at radius 3 is 2.30 bits per heavy atom. The molecule has 1 unspecified atom stereocenters. The Morgan fingerprint density at radius 1 is 1.00 bits per heavy atom. The molecule has 0 radical (unpaired) electrons. The third kappa shape index (κ3) is 8.61. The van der Waals surface area contributed by atoms with Crippen molar-refractivity contribution in [3.05, 3.63) is 99.0 Å². The van der Waals surface area contributed by atoms with Gasteiger partial charge in [-0.15, -0.1) is 0 Å². The van der Waals surface area contributed by atoms with Gasteiger partial charge >= 0.3 is 0 Å². The van der Waals surface area contributed by atoms with Gasteiger partial charge < -0.3 is 15.0 Å². The number of carbonyl (C=O) groups excluding carboxylic acids is 2. The molecular formula is C30H34BrClN2O3. The van der Waals surface area contributed by atoms with Crippen molar-refractivity contribution in [1.29, 1.82) is 0 Å². The van der Waals surface area contributed by atoms with Crippen molar-refractivity contribution in [3.63, 3.8) is 0 Å². The lowest BCUT2D eigenvalue weighted by molar-refractivity contribution is -0.143. The van der Waals surface area contributed by atoms with Gasteiger partial charge in [-0.3, -0.25) is 9.59 Å². The van der Waals surface area contributed by atoms with Gasteiger partial charge in [-0.05, 0) is 78.0 Å². The summed E-state index contributed by atoms with van der Waals surface area (Å²) in [6.07, 6.45) is 1.25. The topological polar surface area (TPSA) is 58.6 Å². The van der Waals surface area contributed by atoms with E-state index in [1.165, 1.54) is 0 Å². The van der Waals surface area contributed by atoms with Crippen LogP contribution >= 0.6 is 27.5 Å². The zero-order valence-electron chi connectivity index (χ0n) is 21.8. The second-order valence-corrected chi connectivity index (χ2v) is 11.2. The molecule has 7 heteroatoms. The van der Waals surface area contributed by atoms with Crippen LogP contribution < -0.4 is 10.1 Å². The van der Waals surface area contributed by atoms with Crippen molar-refractivity contribution in [2.45, 2.75) is 58.7 Å². The largest absolute Gasteiger partial charge is 0.483 e. The molecular weight excluding hydrogens is 552 g/mol. The molecule has 3 aromatic rings. The highest BCUT2D eigenvalue weighted by atomic mass is 79.9. The lowest BCUT2D eigenvalue weighted by Crippen LogP contribution is -2.55. The number of rotatable bonds is 10. The number of aryl methyl sites for hydroxylation is 1. The van der Waals surface area contributed by atoms with Gasteiger partial charge in [0, 0.05) is 23.5 Å². The van der Waals surface area contributed by atoms with Gasteiger partial charge in [0.25, 0.3) is 5.91 Å².